The van der Waals surface area contributed by atoms with Gasteiger partial charge in [0.2, 0.25) is 0 Å². The van der Waals surface area contributed by atoms with Gasteiger partial charge < -0.3 is 10.0 Å². The third-order valence-corrected chi connectivity index (χ3v) is 3.44. The molecule has 102 valence electrons. The summed E-state index contributed by atoms with van der Waals surface area (Å²) in [4.78, 5) is 2.04. The van der Waals surface area contributed by atoms with E-state index in [1.165, 1.54) is 0 Å². The summed E-state index contributed by atoms with van der Waals surface area (Å²) in [5, 5.41) is 18.6. The Morgan fingerprint density at radius 2 is 1.55 bits per heavy atom. The van der Waals surface area contributed by atoms with Crippen molar-refractivity contribution in [2.75, 3.05) is 11.9 Å². The van der Waals surface area contributed by atoms with Crippen LogP contribution in [0.3, 0.4) is 0 Å². The SMILES string of the molecule is CC[C@@H](O)c1ccc(N(C)c2ccc(C#N)cc2)cc1. The Labute approximate surface area is 119 Å². The quantitative estimate of drug-likeness (QED) is 0.916. The lowest BCUT2D eigenvalue weighted by atomic mass is 10.1. The first-order chi connectivity index (χ1) is 9.65. The zero-order chi connectivity index (χ0) is 14.5. The van der Waals surface area contributed by atoms with E-state index in [0.29, 0.717) is 12.0 Å². The highest BCUT2D eigenvalue weighted by Gasteiger charge is 2.07. The summed E-state index contributed by atoms with van der Waals surface area (Å²) in [5.41, 5.74) is 3.66. The van der Waals surface area contributed by atoms with Crippen LogP contribution in [0.5, 0.6) is 0 Å². The van der Waals surface area contributed by atoms with Crippen LogP contribution >= 0.6 is 0 Å². The number of aliphatic hydroxyl groups excluding tert-OH is 1. The third-order valence-electron chi connectivity index (χ3n) is 3.44. The van der Waals surface area contributed by atoms with Crippen LogP contribution in [0.25, 0.3) is 0 Å². The molecule has 3 nitrogen and oxygen atoms in total. The molecule has 0 heterocycles. The molecule has 20 heavy (non-hydrogen) atoms. The van der Waals surface area contributed by atoms with Crippen molar-refractivity contribution in [3.05, 3.63) is 59.7 Å². The second kappa shape index (κ2) is 6.23. The van der Waals surface area contributed by atoms with Crippen LogP contribution in [0.15, 0.2) is 48.5 Å². The number of aliphatic hydroxyl groups is 1. The van der Waals surface area contributed by atoms with Crippen molar-refractivity contribution in [1.29, 1.82) is 5.26 Å². The minimum Gasteiger partial charge on any atom is -0.388 e. The number of rotatable bonds is 4. The predicted molar refractivity (Wildman–Crippen MR) is 80.9 cm³/mol. The molecule has 3 heteroatoms. The molecule has 2 rings (SSSR count). The van der Waals surface area contributed by atoms with Crippen molar-refractivity contribution >= 4 is 11.4 Å². The van der Waals surface area contributed by atoms with E-state index in [1.807, 2.05) is 55.3 Å². The summed E-state index contributed by atoms with van der Waals surface area (Å²) in [5.74, 6) is 0. The van der Waals surface area contributed by atoms with E-state index in [1.54, 1.807) is 12.1 Å². The lowest BCUT2D eigenvalue weighted by Gasteiger charge is -2.20. The Hall–Kier alpha value is -2.31. The van der Waals surface area contributed by atoms with Gasteiger partial charge in [0, 0.05) is 18.4 Å². The van der Waals surface area contributed by atoms with Gasteiger partial charge in [-0.3, -0.25) is 0 Å². The van der Waals surface area contributed by atoms with Crippen molar-refractivity contribution in [3.8, 4) is 6.07 Å². The van der Waals surface area contributed by atoms with Crippen LogP contribution in [0.1, 0.15) is 30.6 Å². The maximum absolute atomic E-state index is 9.79. The van der Waals surface area contributed by atoms with Crippen LogP contribution in [-0.4, -0.2) is 12.2 Å². The fraction of sp³-hybridized carbons (Fsp3) is 0.235. The molecular weight excluding hydrogens is 248 g/mol. The molecule has 0 aliphatic rings. The van der Waals surface area contributed by atoms with E-state index < -0.39 is 6.10 Å². The van der Waals surface area contributed by atoms with Gasteiger partial charge in [-0.1, -0.05) is 19.1 Å². The molecule has 0 unspecified atom stereocenters. The Kier molecular flexibility index (Phi) is 4.39. The third kappa shape index (κ3) is 2.98. The van der Waals surface area contributed by atoms with Gasteiger partial charge in [-0.05, 0) is 48.4 Å². The first kappa shape index (κ1) is 14.1. The van der Waals surface area contributed by atoms with Crippen molar-refractivity contribution < 1.29 is 5.11 Å². The van der Waals surface area contributed by atoms with E-state index in [9.17, 15) is 5.11 Å². The minimum atomic E-state index is -0.399. The smallest absolute Gasteiger partial charge is 0.0991 e. The Bertz CT molecular complexity index is 596. The van der Waals surface area contributed by atoms with Gasteiger partial charge in [-0.2, -0.15) is 5.26 Å². The normalized spacial score (nSPS) is 11.7. The molecule has 0 saturated carbocycles. The zero-order valence-corrected chi connectivity index (χ0v) is 11.7. The number of benzene rings is 2. The van der Waals surface area contributed by atoms with Gasteiger partial charge in [-0.25, -0.2) is 0 Å². The number of hydrogen-bond acceptors (Lipinski definition) is 3. The summed E-state index contributed by atoms with van der Waals surface area (Å²) < 4.78 is 0. The molecule has 0 spiro atoms. The van der Waals surface area contributed by atoms with Crippen molar-refractivity contribution in [3.63, 3.8) is 0 Å². The first-order valence-corrected chi connectivity index (χ1v) is 6.67. The maximum atomic E-state index is 9.79. The van der Waals surface area contributed by atoms with Crippen LogP contribution < -0.4 is 4.90 Å². The average molecular weight is 266 g/mol. The van der Waals surface area contributed by atoms with Crippen molar-refractivity contribution in [1.82, 2.24) is 0 Å². The number of nitrogens with zero attached hydrogens (tertiary/aromatic N) is 2. The van der Waals surface area contributed by atoms with E-state index in [4.69, 9.17) is 5.26 Å². The molecule has 1 atom stereocenters. The maximum Gasteiger partial charge on any atom is 0.0991 e. The molecule has 0 aliphatic carbocycles. The highest BCUT2D eigenvalue weighted by atomic mass is 16.3. The van der Waals surface area contributed by atoms with Crippen LogP contribution in [-0.2, 0) is 0 Å². The standard InChI is InChI=1S/C17H18N2O/c1-3-17(20)14-6-10-16(11-7-14)19(2)15-8-4-13(12-18)5-9-15/h4-11,17,20H,3H2,1-2H3/t17-/m1/s1. The van der Waals surface area contributed by atoms with E-state index in [2.05, 4.69) is 6.07 Å². The predicted octanol–water partition coefficient (Wildman–Crippen LogP) is 3.77. The highest BCUT2D eigenvalue weighted by Crippen LogP contribution is 2.26. The van der Waals surface area contributed by atoms with Crippen LogP contribution in [0.4, 0.5) is 11.4 Å². The van der Waals surface area contributed by atoms with Gasteiger partial charge in [-0.15, -0.1) is 0 Å². The Morgan fingerprint density at radius 3 is 2.00 bits per heavy atom. The first-order valence-electron chi connectivity index (χ1n) is 6.67. The molecule has 2 aromatic rings. The second-order valence-corrected chi connectivity index (χ2v) is 4.73. The molecule has 0 bridgehead atoms. The van der Waals surface area contributed by atoms with E-state index in [-0.39, 0.29) is 0 Å². The summed E-state index contributed by atoms with van der Waals surface area (Å²) in [6.45, 7) is 1.96. The number of nitriles is 1. The highest BCUT2D eigenvalue weighted by molar-refractivity contribution is 5.63. The van der Waals surface area contributed by atoms with Crippen molar-refractivity contribution in [2.24, 2.45) is 0 Å². The van der Waals surface area contributed by atoms with Gasteiger partial charge in [0.05, 0.1) is 17.7 Å². The molecule has 2 aromatic carbocycles. The monoisotopic (exact) mass is 266 g/mol. The fourth-order valence-electron chi connectivity index (χ4n) is 2.06. The number of anilines is 2. The molecule has 0 fully saturated rings. The summed E-state index contributed by atoms with van der Waals surface area (Å²) in [6, 6.07) is 17.5. The van der Waals surface area contributed by atoms with E-state index in [0.717, 1.165) is 16.9 Å². The molecular formula is C17H18N2O. The van der Waals surface area contributed by atoms with Crippen LogP contribution in [0.2, 0.25) is 0 Å². The van der Waals surface area contributed by atoms with Gasteiger partial charge in [0.15, 0.2) is 0 Å². The second-order valence-electron chi connectivity index (χ2n) is 4.73. The minimum absolute atomic E-state index is 0.399. The van der Waals surface area contributed by atoms with Crippen molar-refractivity contribution in [2.45, 2.75) is 19.4 Å². The van der Waals surface area contributed by atoms with E-state index >= 15 is 0 Å². The van der Waals surface area contributed by atoms with Gasteiger partial charge in [0.1, 0.15) is 0 Å². The summed E-state index contributed by atoms with van der Waals surface area (Å²) in [6.07, 6.45) is 0.314. The summed E-state index contributed by atoms with van der Waals surface area (Å²) >= 11 is 0. The molecule has 0 amide bonds. The largest absolute Gasteiger partial charge is 0.388 e. The molecule has 0 saturated heterocycles. The topological polar surface area (TPSA) is 47.3 Å². The van der Waals surface area contributed by atoms with Crippen LogP contribution in [0, 0.1) is 11.3 Å². The number of hydrogen-bond donors (Lipinski definition) is 1. The molecule has 0 radical (unpaired) electrons. The Morgan fingerprint density at radius 1 is 1.05 bits per heavy atom. The lowest BCUT2D eigenvalue weighted by Crippen LogP contribution is -2.09. The zero-order valence-electron chi connectivity index (χ0n) is 11.7. The average Bonchev–Trinajstić information content (AvgIpc) is 2.53. The summed E-state index contributed by atoms with van der Waals surface area (Å²) in [7, 11) is 1.98. The van der Waals surface area contributed by atoms with Gasteiger partial charge >= 0.3 is 0 Å². The lowest BCUT2D eigenvalue weighted by molar-refractivity contribution is 0.173. The fourth-order valence-corrected chi connectivity index (χ4v) is 2.06. The van der Waals surface area contributed by atoms with Gasteiger partial charge in [0.25, 0.3) is 0 Å². The molecule has 0 aliphatic heterocycles. The molecule has 1 N–H and O–H groups in total. The Balaban J connectivity index is 2.20. The molecule has 0 aromatic heterocycles.